The molecule has 7 heteroatoms. The number of anilines is 1. The van der Waals surface area contributed by atoms with Crippen molar-refractivity contribution in [3.05, 3.63) is 101 Å². The summed E-state index contributed by atoms with van der Waals surface area (Å²) in [6.07, 6.45) is 8.76. The van der Waals surface area contributed by atoms with Crippen molar-refractivity contribution in [1.29, 1.82) is 0 Å². The van der Waals surface area contributed by atoms with Crippen molar-refractivity contribution < 1.29 is 9.53 Å². The number of nitrogens with zero attached hydrogens (tertiary/aromatic N) is 2. The highest BCUT2D eigenvalue weighted by Gasteiger charge is 2.26. The first-order valence-corrected chi connectivity index (χ1v) is 12.9. The minimum atomic E-state index is -0.113. The van der Waals surface area contributed by atoms with Gasteiger partial charge in [-0.25, -0.2) is 0 Å². The average molecular weight is 503 g/mol. The molecule has 1 aromatic heterocycles. The van der Waals surface area contributed by atoms with E-state index in [1.54, 1.807) is 0 Å². The molecule has 0 spiro atoms. The van der Waals surface area contributed by atoms with Gasteiger partial charge in [-0.1, -0.05) is 41.9 Å². The molecular weight excluding hydrogens is 472 g/mol. The average Bonchev–Trinajstić information content (AvgIpc) is 2.93. The van der Waals surface area contributed by atoms with Crippen LogP contribution in [0.15, 0.2) is 79.1 Å². The largest absolute Gasteiger partial charge is 0.492 e. The molecule has 1 saturated heterocycles. The molecule has 1 fully saturated rings. The Kier molecular flexibility index (Phi) is 7.84. The van der Waals surface area contributed by atoms with Crippen LogP contribution in [0, 0.1) is 5.92 Å². The van der Waals surface area contributed by atoms with Gasteiger partial charge in [0.05, 0.1) is 12.2 Å². The minimum absolute atomic E-state index is 0.103. The third-order valence-corrected chi connectivity index (χ3v) is 7.00. The van der Waals surface area contributed by atoms with E-state index in [4.69, 9.17) is 16.3 Å². The Hall–Kier alpha value is -3.35. The number of carbonyl (C=O) groups is 1. The summed E-state index contributed by atoms with van der Waals surface area (Å²) in [4.78, 5) is 19.3. The zero-order chi connectivity index (χ0) is 24.7. The van der Waals surface area contributed by atoms with Crippen LogP contribution in [0.4, 0.5) is 5.69 Å². The van der Waals surface area contributed by atoms with Crippen LogP contribution in [0.1, 0.15) is 35.7 Å². The first-order chi connectivity index (χ1) is 17.7. The first-order valence-electron chi connectivity index (χ1n) is 12.5. The number of hydrogen-bond donors (Lipinski definition) is 2. The SMILES string of the molecule is O=C(NCCOc1ccc2c(c1)N(C(c1ccc(Cl)cc1)c1ccccn1)C=CC2)C1CCNCC1. The molecule has 0 aliphatic carbocycles. The molecule has 5 rings (SSSR count). The summed E-state index contributed by atoms with van der Waals surface area (Å²) < 4.78 is 6.05. The highest BCUT2D eigenvalue weighted by atomic mass is 35.5. The second kappa shape index (κ2) is 11.6. The lowest BCUT2D eigenvalue weighted by atomic mass is 9.97. The molecule has 3 heterocycles. The highest BCUT2D eigenvalue weighted by molar-refractivity contribution is 6.30. The predicted octanol–water partition coefficient (Wildman–Crippen LogP) is 4.90. The van der Waals surface area contributed by atoms with Crippen LogP contribution in [0.5, 0.6) is 5.75 Å². The normalized spacial score (nSPS) is 16.3. The Bertz CT molecular complexity index is 1190. The van der Waals surface area contributed by atoms with Gasteiger partial charge < -0.3 is 20.3 Å². The Morgan fingerprint density at radius 3 is 2.75 bits per heavy atom. The molecule has 186 valence electrons. The maximum atomic E-state index is 12.4. The van der Waals surface area contributed by atoms with Gasteiger partial charge in [-0.05, 0) is 73.8 Å². The second-order valence-electron chi connectivity index (χ2n) is 9.16. The number of aromatic nitrogens is 1. The number of piperidine rings is 1. The number of benzene rings is 2. The van der Waals surface area contributed by atoms with E-state index in [-0.39, 0.29) is 17.9 Å². The van der Waals surface area contributed by atoms with E-state index < -0.39 is 0 Å². The van der Waals surface area contributed by atoms with Gasteiger partial charge in [0.15, 0.2) is 0 Å². The van der Waals surface area contributed by atoms with E-state index in [0.717, 1.165) is 55.0 Å². The van der Waals surface area contributed by atoms with Crippen LogP contribution >= 0.6 is 11.6 Å². The van der Waals surface area contributed by atoms with Crippen LogP contribution < -0.4 is 20.3 Å². The number of allylic oxidation sites excluding steroid dienone is 1. The standard InChI is InChI=1S/C29H31ClN4O2/c30-24-9-6-22(7-10-24)28(26-5-1-2-14-32-26)34-18-3-4-21-8-11-25(20-27(21)34)36-19-17-33-29(35)23-12-15-31-16-13-23/h1-3,5-11,14,18,20,23,28,31H,4,12-13,15-17,19H2,(H,33,35). The molecule has 1 unspecified atom stereocenters. The van der Waals surface area contributed by atoms with Crippen LogP contribution in [0.3, 0.4) is 0 Å². The summed E-state index contributed by atoms with van der Waals surface area (Å²) in [7, 11) is 0. The van der Waals surface area contributed by atoms with Crippen molar-refractivity contribution in [3.8, 4) is 5.75 Å². The summed E-state index contributed by atoms with van der Waals surface area (Å²) in [5.41, 5.74) is 4.35. The fourth-order valence-electron chi connectivity index (χ4n) is 4.87. The third kappa shape index (κ3) is 5.72. The molecule has 2 aliphatic heterocycles. The van der Waals surface area contributed by atoms with E-state index in [9.17, 15) is 4.79 Å². The van der Waals surface area contributed by atoms with Gasteiger partial charge in [0, 0.05) is 35.1 Å². The van der Waals surface area contributed by atoms with Gasteiger partial charge in [-0.3, -0.25) is 9.78 Å². The third-order valence-electron chi connectivity index (χ3n) is 6.75. The lowest BCUT2D eigenvalue weighted by molar-refractivity contribution is -0.125. The quantitative estimate of drug-likeness (QED) is 0.429. The molecule has 2 aromatic carbocycles. The van der Waals surface area contributed by atoms with Crippen LogP contribution in [0.25, 0.3) is 0 Å². The molecule has 0 radical (unpaired) electrons. The van der Waals surface area contributed by atoms with E-state index in [2.05, 4.69) is 57.1 Å². The predicted molar refractivity (Wildman–Crippen MR) is 143 cm³/mol. The van der Waals surface area contributed by atoms with Gasteiger partial charge in [-0.15, -0.1) is 0 Å². The smallest absolute Gasteiger partial charge is 0.223 e. The number of nitrogens with one attached hydrogen (secondary N) is 2. The maximum absolute atomic E-state index is 12.4. The topological polar surface area (TPSA) is 66.5 Å². The van der Waals surface area contributed by atoms with E-state index in [1.807, 2.05) is 42.6 Å². The zero-order valence-electron chi connectivity index (χ0n) is 20.2. The van der Waals surface area contributed by atoms with E-state index in [1.165, 1.54) is 5.56 Å². The van der Waals surface area contributed by atoms with Crippen molar-refractivity contribution >= 4 is 23.2 Å². The van der Waals surface area contributed by atoms with Crippen molar-refractivity contribution in [2.45, 2.75) is 25.3 Å². The molecule has 36 heavy (non-hydrogen) atoms. The molecule has 0 bridgehead atoms. The van der Waals surface area contributed by atoms with E-state index in [0.29, 0.717) is 18.2 Å². The summed E-state index contributed by atoms with van der Waals surface area (Å²) in [6.45, 7) is 2.73. The number of hydrogen-bond acceptors (Lipinski definition) is 5. The van der Waals surface area contributed by atoms with Gasteiger partial charge in [0.1, 0.15) is 18.4 Å². The molecule has 2 N–H and O–H groups in total. The minimum Gasteiger partial charge on any atom is -0.492 e. The number of amides is 1. The van der Waals surface area contributed by atoms with Crippen molar-refractivity contribution in [3.63, 3.8) is 0 Å². The second-order valence-corrected chi connectivity index (χ2v) is 9.60. The van der Waals surface area contributed by atoms with Crippen molar-refractivity contribution in [1.82, 2.24) is 15.6 Å². The van der Waals surface area contributed by atoms with E-state index >= 15 is 0 Å². The number of carbonyl (C=O) groups excluding carboxylic acids is 1. The number of ether oxygens (including phenoxy) is 1. The van der Waals surface area contributed by atoms with Gasteiger partial charge in [-0.2, -0.15) is 0 Å². The zero-order valence-corrected chi connectivity index (χ0v) is 21.0. The molecule has 2 aliphatic rings. The number of pyridine rings is 1. The van der Waals surface area contributed by atoms with Gasteiger partial charge >= 0.3 is 0 Å². The summed E-state index contributed by atoms with van der Waals surface area (Å²) in [6, 6.07) is 20.0. The summed E-state index contributed by atoms with van der Waals surface area (Å²) in [5.74, 6) is 1.01. The van der Waals surface area contributed by atoms with Crippen LogP contribution in [-0.4, -0.2) is 37.1 Å². The van der Waals surface area contributed by atoms with Crippen molar-refractivity contribution in [2.24, 2.45) is 5.92 Å². The number of rotatable bonds is 8. The van der Waals surface area contributed by atoms with Crippen molar-refractivity contribution in [2.75, 3.05) is 31.1 Å². The Balaban J connectivity index is 1.32. The van der Waals surface area contributed by atoms with Crippen LogP contribution in [0.2, 0.25) is 5.02 Å². The Labute approximate surface area is 217 Å². The molecule has 1 amide bonds. The fraction of sp³-hybridized carbons (Fsp3) is 0.310. The number of fused-ring (bicyclic) bond motifs is 1. The van der Waals surface area contributed by atoms with Crippen LogP contribution in [-0.2, 0) is 11.2 Å². The number of halogens is 1. The molecule has 0 saturated carbocycles. The molecular formula is C29H31ClN4O2. The monoisotopic (exact) mass is 502 g/mol. The first kappa shape index (κ1) is 24.3. The highest BCUT2D eigenvalue weighted by Crippen LogP contribution is 2.38. The molecule has 6 nitrogen and oxygen atoms in total. The van der Waals surface area contributed by atoms with Gasteiger partial charge in [0.2, 0.25) is 5.91 Å². The fourth-order valence-corrected chi connectivity index (χ4v) is 5.00. The Morgan fingerprint density at radius 1 is 1.14 bits per heavy atom. The van der Waals surface area contributed by atoms with Gasteiger partial charge in [0.25, 0.3) is 0 Å². The lowest BCUT2D eigenvalue weighted by Crippen LogP contribution is -2.39. The molecule has 3 aromatic rings. The summed E-state index contributed by atoms with van der Waals surface area (Å²) in [5, 5.41) is 7.03. The summed E-state index contributed by atoms with van der Waals surface area (Å²) >= 11 is 6.19. The maximum Gasteiger partial charge on any atom is 0.223 e. The molecule has 1 atom stereocenters. The Morgan fingerprint density at radius 2 is 1.97 bits per heavy atom. The lowest BCUT2D eigenvalue weighted by Gasteiger charge is -2.34.